The molecule has 0 radical (unpaired) electrons. The van der Waals surface area contributed by atoms with Crippen LogP contribution in [0.1, 0.15) is 46.0 Å². The molecule has 0 aromatic heterocycles. The maximum atomic E-state index is 12.8. The molecule has 0 unspecified atom stereocenters. The molecular weight excluding hydrogens is 298 g/mol. The van der Waals surface area contributed by atoms with E-state index >= 15 is 0 Å². The fourth-order valence-electron chi connectivity index (χ4n) is 3.36. The number of nitrogens with one attached hydrogen (secondary N) is 2. The second kappa shape index (κ2) is 7.77. The molecule has 0 saturated carbocycles. The highest BCUT2D eigenvalue weighted by atomic mass is 16.4. The van der Waals surface area contributed by atoms with Gasteiger partial charge in [-0.25, -0.2) is 4.79 Å². The Balaban J connectivity index is 2.05. The van der Waals surface area contributed by atoms with Crippen LogP contribution in [0.5, 0.6) is 0 Å². The zero-order chi connectivity index (χ0) is 17.0. The number of likely N-dealkylation sites (tertiary alicyclic amines) is 1. The van der Waals surface area contributed by atoms with Crippen molar-refractivity contribution in [2.24, 2.45) is 5.92 Å². The van der Waals surface area contributed by atoms with Crippen LogP contribution >= 0.6 is 0 Å². The third-order valence-electron chi connectivity index (χ3n) is 4.52. The number of hydrogen-bond acceptors (Lipinski definition) is 4. The van der Waals surface area contributed by atoms with Crippen LogP contribution < -0.4 is 10.6 Å². The van der Waals surface area contributed by atoms with Crippen molar-refractivity contribution < 1.29 is 19.5 Å². The van der Waals surface area contributed by atoms with Gasteiger partial charge in [0.15, 0.2) is 0 Å². The number of aliphatic carboxylic acids is 1. The average molecular weight is 325 g/mol. The Morgan fingerprint density at radius 3 is 2.57 bits per heavy atom. The minimum atomic E-state index is -0.970. The standard InChI is InChI=1S/C16H27N3O4/c1-10(2)9-12(18-14(20)11-5-3-7-17-11)15(21)19-8-4-6-13(19)16(22)23/h10-13,17H,3-9H2,1-2H3,(H,18,20)(H,22,23)/t11-,12-,13+/m0/s1. The molecule has 3 N–H and O–H groups in total. The summed E-state index contributed by atoms with van der Waals surface area (Å²) in [4.78, 5) is 37.8. The minimum Gasteiger partial charge on any atom is -0.480 e. The first-order valence-electron chi connectivity index (χ1n) is 8.47. The average Bonchev–Trinajstić information content (AvgIpc) is 3.16. The van der Waals surface area contributed by atoms with E-state index in [4.69, 9.17) is 0 Å². The van der Waals surface area contributed by atoms with Gasteiger partial charge in [0.05, 0.1) is 6.04 Å². The fourth-order valence-corrected chi connectivity index (χ4v) is 3.36. The minimum absolute atomic E-state index is 0.160. The number of hydrogen-bond donors (Lipinski definition) is 3. The van der Waals surface area contributed by atoms with Crippen molar-refractivity contribution in [3.8, 4) is 0 Å². The number of carboxylic acid groups (broad SMARTS) is 1. The van der Waals surface area contributed by atoms with Gasteiger partial charge in [-0.05, 0) is 44.6 Å². The highest BCUT2D eigenvalue weighted by molar-refractivity contribution is 5.92. The van der Waals surface area contributed by atoms with E-state index in [-0.39, 0.29) is 23.8 Å². The number of carbonyl (C=O) groups excluding carboxylic acids is 2. The molecular formula is C16H27N3O4. The molecule has 0 aromatic carbocycles. The van der Waals surface area contributed by atoms with Crippen LogP contribution in [-0.4, -0.2) is 59.0 Å². The molecule has 3 atom stereocenters. The molecule has 0 spiro atoms. The van der Waals surface area contributed by atoms with Crippen molar-refractivity contribution in [1.82, 2.24) is 15.5 Å². The van der Waals surface area contributed by atoms with Gasteiger partial charge < -0.3 is 20.6 Å². The Morgan fingerprint density at radius 1 is 1.26 bits per heavy atom. The van der Waals surface area contributed by atoms with Crippen molar-refractivity contribution in [2.75, 3.05) is 13.1 Å². The van der Waals surface area contributed by atoms with Gasteiger partial charge in [0.1, 0.15) is 12.1 Å². The highest BCUT2D eigenvalue weighted by Gasteiger charge is 2.38. The maximum absolute atomic E-state index is 12.8. The number of nitrogens with zero attached hydrogens (tertiary/aromatic N) is 1. The predicted molar refractivity (Wildman–Crippen MR) is 84.8 cm³/mol. The molecule has 2 aliphatic rings. The summed E-state index contributed by atoms with van der Waals surface area (Å²) in [5.41, 5.74) is 0. The molecule has 0 bridgehead atoms. The van der Waals surface area contributed by atoms with Gasteiger partial charge in [-0.15, -0.1) is 0 Å². The van der Waals surface area contributed by atoms with E-state index in [0.717, 1.165) is 19.4 Å². The monoisotopic (exact) mass is 325 g/mol. The molecule has 23 heavy (non-hydrogen) atoms. The van der Waals surface area contributed by atoms with Gasteiger partial charge in [-0.1, -0.05) is 13.8 Å². The Labute approximate surface area is 136 Å². The highest BCUT2D eigenvalue weighted by Crippen LogP contribution is 2.20. The summed E-state index contributed by atoms with van der Waals surface area (Å²) in [5, 5.41) is 15.2. The van der Waals surface area contributed by atoms with Gasteiger partial charge in [-0.2, -0.15) is 0 Å². The quantitative estimate of drug-likeness (QED) is 0.654. The predicted octanol–water partition coefficient (Wildman–Crippen LogP) is 0.345. The van der Waals surface area contributed by atoms with Crippen LogP contribution in [0.4, 0.5) is 0 Å². The number of carboxylic acids is 1. The van der Waals surface area contributed by atoms with Gasteiger partial charge >= 0.3 is 5.97 Å². The third kappa shape index (κ3) is 4.43. The van der Waals surface area contributed by atoms with Crippen LogP contribution in [0.2, 0.25) is 0 Å². The topological polar surface area (TPSA) is 98.7 Å². The van der Waals surface area contributed by atoms with Gasteiger partial charge in [-0.3, -0.25) is 9.59 Å². The van der Waals surface area contributed by atoms with Crippen LogP contribution in [-0.2, 0) is 14.4 Å². The molecule has 2 amide bonds. The second-order valence-electron chi connectivity index (χ2n) is 6.87. The van der Waals surface area contributed by atoms with Crippen LogP contribution in [0.25, 0.3) is 0 Å². The van der Waals surface area contributed by atoms with Gasteiger partial charge in [0, 0.05) is 6.54 Å². The molecule has 2 fully saturated rings. The van der Waals surface area contributed by atoms with Crippen LogP contribution in [0.3, 0.4) is 0 Å². The fraction of sp³-hybridized carbons (Fsp3) is 0.812. The van der Waals surface area contributed by atoms with E-state index in [1.54, 1.807) is 0 Å². The summed E-state index contributed by atoms with van der Waals surface area (Å²) in [6, 6.07) is -1.66. The van der Waals surface area contributed by atoms with E-state index < -0.39 is 18.1 Å². The van der Waals surface area contributed by atoms with E-state index in [2.05, 4.69) is 10.6 Å². The number of rotatable bonds is 6. The lowest BCUT2D eigenvalue weighted by atomic mass is 10.0. The zero-order valence-electron chi connectivity index (χ0n) is 13.9. The Bertz CT molecular complexity index is 460. The Kier molecular flexibility index (Phi) is 5.98. The van der Waals surface area contributed by atoms with Crippen LogP contribution in [0.15, 0.2) is 0 Å². The lowest BCUT2D eigenvalue weighted by Gasteiger charge is -2.29. The normalized spacial score (nSPS) is 25.6. The van der Waals surface area contributed by atoms with E-state index in [9.17, 15) is 19.5 Å². The summed E-state index contributed by atoms with van der Waals surface area (Å²) in [6.07, 6.45) is 3.41. The summed E-state index contributed by atoms with van der Waals surface area (Å²) in [7, 11) is 0. The summed E-state index contributed by atoms with van der Waals surface area (Å²) >= 11 is 0. The van der Waals surface area contributed by atoms with Crippen molar-refractivity contribution >= 4 is 17.8 Å². The molecule has 2 aliphatic heterocycles. The SMILES string of the molecule is CC(C)C[C@H](NC(=O)[C@@H]1CCCN1)C(=O)N1CCC[C@@H]1C(=O)O. The van der Waals surface area contributed by atoms with Crippen LogP contribution in [0, 0.1) is 5.92 Å². The molecule has 2 heterocycles. The lowest BCUT2D eigenvalue weighted by Crippen LogP contribution is -2.54. The second-order valence-corrected chi connectivity index (χ2v) is 6.87. The molecule has 130 valence electrons. The first-order valence-corrected chi connectivity index (χ1v) is 8.47. The number of carbonyl (C=O) groups is 3. The molecule has 7 heteroatoms. The van der Waals surface area contributed by atoms with Gasteiger partial charge in [0.2, 0.25) is 11.8 Å². The van der Waals surface area contributed by atoms with Crippen molar-refractivity contribution in [3.05, 3.63) is 0 Å². The first-order chi connectivity index (χ1) is 10.9. The smallest absolute Gasteiger partial charge is 0.326 e. The lowest BCUT2D eigenvalue weighted by molar-refractivity contribution is -0.149. The van der Waals surface area contributed by atoms with Crippen molar-refractivity contribution in [2.45, 2.75) is 64.1 Å². The van der Waals surface area contributed by atoms with E-state index in [1.165, 1.54) is 4.90 Å². The Morgan fingerprint density at radius 2 is 2.00 bits per heavy atom. The zero-order valence-corrected chi connectivity index (χ0v) is 13.9. The van der Waals surface area contributed by atoms with Crippen molar-refractivity contribution in [1.29, 1.82) is 0 Å². The van der Waals surface area contributed by atoms with Gasteiger partial charge in [0.25, 0.3) is 0 Å². The third-order valence-corrected chi connectivity index (χ3v) is 4.52. The molecule has 0 aromatic rings. The number of amides is 2. The van der Waals surface area contributed by atoms with E-state index in [1.807, 2.05) is 13.8 Å². The van der Waals surface area contributed by atoms with Crippen molar-refractivity contribution in [3.63, 3.8) is 0 Å². The summed E-state index contributed by atoms with van der Waals surface area (Å²) < 4.78 is 0. The first kappa shape index (κ1) is 17.7. The summed E-state index contributed by atoms with van der Waals surface area (Å²) in [6.45, 7) is 5.23. The van der Waals surface area contributed by atoms with E-state index in [0.29, 0.717) is 25.8 Å². The Hall–Kier alpha value is -1.63. The maximum Gasteiger partial charge on any atom is 0.326 e. The largest absolute Gasteiger partial charge is 0.480 e. The molecule has 2 rings (SSSR count). The summed E-state index contributed by atoms with van der Waals surface area (Å²) in [5.74, 6) is -1.17. The molecule has 0 aliphatic carbocycles. The molecule has 2 saturated heterocycles. The molecule has 7 nitrogen and oxygen atoms in total.